The summed E-state index contributed by atoms with van der Waals surface area (Å²) >= 11 is 0. The first-order valence-corrected chi connectivity index (χ1v) is 19.7. The fourth-order valence-corrected chi connectivity index (χ4v) is 6.06. The van der Waals surface area contributed by atoms with Gasteiger partial charge in [-0.2, -0.15) is 0 Å². The fraction of sp³-hybridized carbons (Fsp3) is 0.900. The van der Waals surface area contributed by atoms with E-state index in [1.165, 1.54) is 141 Å². The Bertz CT molecular complexity index is 629. The van der Waals surface area contributed by atoms with Crippen LogP contribution in [-0.2, 0) is 14.3 Å². The van der Waals surface area contributed by atoms with Crippen molar-refractivity contribution in [2.45, 2.75) is 232 Å². The van der Waals surface area contributed by atoms with Crippen molar-refractivity contribution < 1.29 is 19.4 Å². The van der Waals surface area contributed by atoms with Gasteiger partial charge in [-0.05, 0) is 64.2 Å². The lowest BCUT2D eigenvalue weighted by molar-refractivity contribution is -0.150. The molecule has 1 atom stereocenters. The molecule has 260 valence electrons. The maximum atomic E-state index is 12.6. The second kappa shape index (κ2) is 36.2. The molecule has 0 aliphatic rings. The summed E-state index contributed by atoms with van der Waals surface area (Å²) in [5.41, 5.74) is 0. The summed E-state index contributed by atoms with van der Waals surface area (Å²) in [6, 6.07) is 0. The molecular weight excluding hydrogens is 544 g/mol. The maximum Gasteiger partial charge on any atom is 0.306 e. The minimum atomic E-state index is -0.709. The number of unbranched alkanes of at least 4 members (excludes halogenated alkanes) is 25. The summed E-state index contributed by atoms with van der Waals surface area (Å²) in [7, 11) is 0. The van der Waals surface area contributed by atoms with Crippen LogP contribution in [0.2, 0.25) is 0 Å². The lowest BCUT2D eigenvalue weighted by Crippen LogP contribution is -2.18. The van der Waals surface area contributed by atoms with Crippen molar-refractivity contribution in [1.82, 2.24) is 0 Å². The number of carboxylic acid groups (broad SMARTS) is 1. The van der Waals surface area contributed by atoms with Gasteiger partial charge in [-0.15, -0.1) is 0 Å². The van der Waals surface area contributed by atoms with E-state index in [9.17, 15) is 9.59 Å². The molecule has 4 heteroatoms. The third-order valence-electron chi connectivity index (χ3n) is 8.99. The maximum absolute atomic E-state index is 12.6. The van der Waals surface area contributed by atoms with E-state index in [0.717, 1.165) is 57.8 Å². The lowest BCUT2D eigenvalue weighted by atomic mass is 10.0. The summed E-state index contributed by atoms with van der Waals surface area (Å²) in [5, 5.41) is 8.84. The number of ether oxygens (including phenoxy) is 1. The van der Waals surface area contributed by atoms with Gasteiger partial charge in [-0.25, -0.2) is 0 Å². The summed E-state index contributed by atoms with van der Waals surface area (Å²) in [6.45, 7) is 4.54. The Morgan fingerprint density at radius 1 is 0.477 bits per heavy atom. The highest BCUT2D eigenvalue weighted by Gasteiger charge is 2.14. The van der Waals surface area contributed by atoms with Crippen molar-refractivity contribution in [1.29, 1.82) is 0 Å². The zero-order valence-electron chi connectivity index (χ0n) is 29.7. The van der Waals surface area contributed by atoms with Crippen LogP contribution in [0, 0.1) is 0 Å². The molecule has 0 radical (unpaired) electrons. The third kappa shape index (κ3) is 35.2. The average Bonchev–Trinajstić information content (AvgIpc) is 3.01. The number of carboxylic acids is 1. The summed E-state index contributed by atoms with van der Waals surface area (Å²) in [5.74, 6) is -0.722. The molecule has 4 nitrogen and oxygen atoms in total. The second-order valence-corrected chi connectivity index (χ2v) is 13.5. The molecule has 0 amide bonds. The quantitative estimate of drug-likeness (QED) is 0.0430. The van der Waals surface area contributed by atoms with E-state index < -0.39 is 5.97 Å². The van der Waals surface area contributed by atoms with Gasteiger partial charge in [0, 0.05) is 12.8 Å². The van der Waals surface area contributed by atoms with Gasteiger partial charge in [-0.1, -0.05) is 161 Å². The normalized spacial score (nSPS) is 12.2. The van der Waals surface area contributed by atoms with E-state index in [1.54, 1.807) is 0 Å². The molecular formula is C40H76O4. The average molecular weight is 621 g/mol. The van der Waals surface area contributed by atoms with Gasteiger partial charge >= 0.3 is 11.9 Å². The Morgan fingerprint density at radius 2 is 0.818 bits per heavy atom. The van der Waals surface area contributed by atoms with E-state index in [1.807, 2.05) is 0 Å². The molecule has 0 bridgehead atoms. The zero-order valence-corrected chi connectivity index (χ0v) is 29.7. The topological polar surface area (TPSA) is 63.6 Å². The Labute approximate surface area is 275 Å². The number of aliphatic carboxylic acids is 1. The van der Waals surface area contributed by atoms with Crippen LogP contribution in [0.4, 0.5) is 0 Å². The molecule has 44 heavy (non-hydrogen) atoms. The molecule has 0 aliphatic heterocycles. The van der Waals surface area contributed by atoms with Crippen molar-refractivity contribution in [2.75, 3.05) is 0 Å². The lowest BCUT2D eigenvalue weighted by Gasteiger charge is -2.18. The van der Waals surface area contributed by atoms with E-state index in [4.69, 9.17) is 9.84 Å². The van der Waals surface area contributed by atoms with Crippen LogP contribution < -0.4 is 0 Å². The number of rotatable bonds is 36. The molecule has 0 heterocycles. The highest BCUT2D eigenvalue weighted by molar-refractivity contribution is 5.69. The second-order valence-electron chi connectivity index (χ2n) is 13.5. The SMILES string of the molecule is CCCCCCCC/C=C\CCCCCCCCCC(=O)OC(CCCCCCCCCCCC)CCCCCCC(=O)O. The van der Waals surface area contributed by atoms with Gasteiger partial charge in [0.25, 0.3) is 0 Å². The highest BCUT2D eigenvalue weighted by Crippen LogP contribution is 2.19. The zero-order chi connectivity index (χ0) is 32.2. The molecule has 0 saturated heterocycles. The van der Waals surface area contributed by atoms with Crippen LogP contribution in [0.15, 0.2) is 12.2 Å². The van der Waals surface area contributed by atoms with E-state index in [0.29, 0.717) is 6.42 Å². The first-order valence-electron chi connectivity index (χ1n) is 19.7. The Kier molecular flexibility index (Phi) is 35.1. The molecule has 1 N–H and O–H groups in total. The molecule has 0 aromatic heterocycles. The Morgan fingerprint density at radius 3 is 1.23 bits per heavy atom. The first-order chi connectivity index (χ1) is 21.6. The van der Waals surface area contributed by atoms with Crippen LogP contribution in [0.25, 0.3) is 0 Å². The van der Waals surface area contributed by atoms with Crippen LogP contribution in [0.3, 0.4) is 0 Å². The predicted molar refractivity (Wildman–Crippen MR) is 190 cm³/mol. The van der Waals surface area contributed by atoms with Gasteiger partial charge in [0.15, 0.2) is 0 Å². The highest BCUT2D eigenvalue weighted by atomic mass is 16.5. The molecule has 0 rings (SSSR count). The molecule has 0 aromatic carbocycles. The monoisotopic (exact) mass is 621 g/mol. The molecule has 0 fully saturated rings. The smallest absolute Gasteiger partial charge is 0.306 e. The number of esters is 1. The van der Waals surface area contributed by atoms with Gasteiger partial charge in [0.2, 0.25) is 0 Å². The summed E-state index contributed by atoms with van der Waals surface area (Å²) in [4.78, 5) is 23.3. The van der Waals surface area contributed by atoms with Crippen LogP contribution in [-0.4, -0.2) is 23.1 Å². The van der Waals surface area contributed by atoms with Crippen molar-refractivity contribution in [2.24, 2.45) is 0 Å². The molecule has 0 spiro atoms. The molecule has 0 aromatic rings. The third-order valence-corrected chi connectivity index (χ3v) is 8.99. The summed E-state index contributed by atoms with van der Waals surface area (Å²) in [6.07, 6.45) is 43.7. The number of hydrogen-bond acceptors (Lipinski definition) is 3. The fourth-order valence-electron chi connectivity index (χ4n) is 6.06. The van der Waals surface area contributed by atoms with Crippen LogP contribution in [0.1, 0.15) is 226 Å². The van der Waals surface area contributed by atoms with Gasteiger partial charge in [-0.3, -0.25) is 9.59 Å². The van der Waals surface area contributed by atoms with E-state index >= 15 is 0 Å². The predicted octanol–water partition coefficient (Wildman–Crippen LogP) is 13.5. The van der Waals surface area contributed by atoms with Gasteiger partial charge in [0.1, 0.15) is 6.10 Å². The largest absolute Gasteiger partial charge is 0.481 e. The van der Waals surface area contributed by atoms with E-state index in [-0.39, 0.29) is 18.5 Å². The number of hydrogen-bond donors (Lipinski definition) is 1. The minimum absolute atomic E-state index is 0.0132. The number of carbonyl (C=O) groups excluding carboxylic acids is 1. The van der Waals surface area contributed by atoms with Crippen LogP contribution in [0.5, 0.6) is 0 Å². The van der Waals surface area contributed by atoms with Gasteiger partial charge < -0.3 is 9.84 Å². The molecule has 0 aliphatic carbocycles. The molecule has 0 saturated carbocycles. The number of allylic oxidation sites excluding steroid dienone is 2. The minimum Gasteiger partial charge on any atom is -0.481 e. The van der Waals surface area contributed by atoms with E-state index in [2.05, 4.69) is 26.0 Å². The van der Waals surface area contributed by atoms with Gasteiger partial charge in [0.05, 0.1) is 0 Å². The standard InChI is InChI=1S/C40H76O4/c1-3-5-7-9-11-13-15-16-17-18-19-20-21-23-25-27-33-37-40(43)44-38(35-31-28-29-32-36-39(41)42)34-30-26-24-22-14-12-10-8-6-4-2/h16-17,38H,3-15,18-37H2,1-2H3,(H,41,42)/b17-16-. The van der Waals surface area contributed by atoms with Crippen molar-refractivity contribution in [3.8, 4) is 0 Å². The molecule has 1 unspecified atom stereocenters. The van der Waals surface area contributed by atoms with Crippen molar-refractivity contribution >= 4 is 11.9 Å². The Hall–Kier alpha value is -1.32. The Balaban J connectivity index is 3.92. The van der Waals surface area contributed by atoms with Crippen LogP contribution >= 0.6 is 0 Å². The number of carbonyl (C=O) groups is 2. The first kappa shape index (κ1) is 42.7. The van der Waals surface area contributed by atoms with Crippen molar-refractivity contribution in [3.05, 3.63) is 12.2 Å². The summed E-state index contributed by atoms with van der Waals surface area (Å²) < 4.78 is 5.97. The van der Waals surface area contributed by atoms with Crippen molar-refractivity contribution in [3.63, 3.8) is 0 Å².